The molecule has 1 unspecified atom stereocenters. The predicted molar refractivity (Wildman–Crippen MR) is 115 cm³/mol. The summed E-state index contributed by atoms with van der Waals surface area (Å²) in [4.78, 5) is 28.7. The molecule has 148 valence electrons. The summed E-state index contributed by atoms with van der Waals surface area (Å²) in [5, 5.41) is 13.4. The highest BCUT2D eigenvalue weighted by atomic mass is 79.9. The number of ketones is 1. The number of fused-ring (bicyclic) bond motifs is 1. The van der Waals surface area contributed by atoms with Crippen molar-refractivity contribution >= 4 is 44.6 Å². The van der Waals surface area contributed by atoms with Gasteiger partial charge in [0.05, 0.1) is 25.8 Å². The van der Waals surface area contributed by atoms with E-state index in [0.29, 0.717) is 29.1 Å². The Bertz CT molecular complexity index is 1060. The quantitative estimate of drug-likeness (QED) is 0.536. The summed E-state index contributed by atoms with van der Waals surface area (Å²) in [7, 11) is 1.55. The lowest BCUT2D eigenvalue weighted by Crippen LogP contribution is -2.41. The summed E-state index contributed by atoms with van der Waals surface area (Å²) in [6.45, 7) is 0.351. The first-order valence-electron chi connectivity index (χ1n) is 8.96. The van der Waals surface area contributed by atoms with Crippen molar-refractivity contribution in [2.24, 2.45) is 0 Å². The van der Waals surface area contributed by atoms with Gasteiger partial charge in [-0.1, -0.05) is 22.0 Å². The van der Waals surface area contributed by atoms with Gasteiger partial charge in [0.1, 0.15) is 5.75 Å². The van der Waals surface area contributed by atoms with Crippen molar-refractivity contribution in [1.29, 1.82) is 0 Å². The highest BCUT2D eigenvalue weighted by Crippen LogP contribution is 2.45. The van der Waals surface area contributed by atoms with Gasteiger partial charge in [-0.2, -0.15) is 0 Å². The summed E-state index contributed by atoms with van der Waals surface area (Å²) in [5.74, 6) is -0.165. The second-order valence-corrected chi connectivity index (χ2v) is 8.77. The number of aliphatic hydroxyl groups is 1. The number of amides is 1. The zero-order valence-corrected chi connectivity index (χ0v) is 18.0. The molecule has 2 heterocycles. The molecule has 1 aliphatic rings. The molecule has 1 aliphatic heterocycles. The van der Waals surface area contributed by atoms with Crippen LogP contribution in [0.5, 0.6) is 5.75 Å². The molecule has 0 aliphatic carbocycles. The molecule has 7 heteroatoms. The van der Waals surface area contributed by atoms with Crippen LogP contribution >= 0.6 is 27.3 Å². The topological polar surface area (TPSA) is 66.8 Å². The summed E-state index contributed by atoms with van der Waals surface area (Å²) in [6, 6.07) is 15.8. The zero-order valence-electron chi connectivity index (χ0n) is 15.6. The first-order chi connectivity index (χ1) is 13.9. The van der Waals surface area contributed by atoms with Gasteiger partial charge in [-0.25, -0.2) is 0 Å². The number of hydrogen-bond acceptors (Lipinski definition) is 5. The number of anilines is 1. The maximum absolute atomic E-state index is 13.3. The van der Waals surface area contributed by atoms with Crippen molar-refractivity contribution < 1.29 is 19.4 Å². The Kier molecular flexibility index (Phi) is 5.29. The molecule has 2 aromatic carbocycles. The standard InChI is InChI=1S/C22H18BrNO4S/c1-28-16-7-4-14(5-8-16)20(25)12-22(27)18-11-15(23)6-9-19(18)24(21(22)26)13-17-3-2-10-29-17/h2-11,27H,12-13H2,1H3. The summed E-state index contributed by atoms with van der Waals surface area (Å²) >= 11 is 4.95. The van der Waals surface area contributed by atoms with Gasteiger partial charge in [-0.15, -0.1) is 11.3 Å². The van der Waals surface area contributed by atoms with Gasteiger partial charge >= 0.3 is 0 Å². The fourth-order valence-electron chi connectivity index (χ4n) is 3.52. The molecule has 0 bridgehead atoms. The van der Waals surface area contributed by atoms with Crippen molar-refractivity contribution in [2.45, 2.75) is 18.6 Å². The number of Topliss-reactive ketones (excluding diaryl/α,β-unsaturated/α-hetero) is 1. The van der Waals surface area contributed by atoms with Crippen LogP contribution in [0.4, 0.5) is 5.69 Å². The van der Waals surface area contributed by atoms with Crippen molar-refractivity contribution in [1.82, 2.24) is 0 Å². The minimum Gasteiger partial charge on any atom is -0.497 e. The van der Waals surface area contributed by atoms with Gasteiger partial charge < -0.3 is 14.7 Å². The molecule has 0 saturated carbocycles. The average Bonchev–Trinajstić information content (AvgIpc) is 3.30. The van der Waals surface area contributed by atoms with Crippen molar-refractivity contribution in [2.75, 3.05) is 12.0 Å². The number of carbonyl (C=O) groups excluding carboxylic acids is 2. The van der Waals surface area contributed by atoms with Gasteiger partial charge in [0.25, 0.3) is 5.91 Å². The van der Waals surface area contributed by atoms with Gasteiger partial charge in [0.2, 0.25) is 0 Å². The Morgan fingerprint density at radius 3 is 2.62 bits per heavy atom. The number of ether oxygens (including phenoxy) is 1. The molecule has 5 nitrogen and oxygen atoms in total. The molecule has 1 atom stereocenters. The van der Waals surface area contributed by atoms with Crippen LogP contribution in [0.2, 0.25) is 0 Å². The Labute approximate surface area is 180 Å². The number of rotatable bonds is 6. The second kappa shape index (κ2) is 7.74. The summed E-state index contributed by atoms with van der Waals surface area (Å²) in [6.07, 6.45) is -0.331. The molecule has 0 spiro atoms. The molecule has 29 heavy (non-hydrogen) atoms. The van der Waals surface area contributed by atoms with E-state index < -0.39 is 11.5 Å². The van der Waals surface area contributed by atoms with Gasteiger partial charge in [-0.3, -0.25) is 9.59 Å². The number of nitrogens with zero attached hydrogens (tertiary/aromatic N) is 1. The molecule has 4 rings (SSSR count). The molecule has 1 amide bonds. The first-order valence-corrected chi connectivity index (χ1v) is 10.6. The van der Waals surface area contributed by atoms with Crippen LogP contribution in [0.25, 0.3) is 0 Å². The number of halogens is 1. The maximum atomic E-state index is 13.3. The van der Waals surface area contributed by atoms with E-state index in [1.165, 1.54) is 0 Å². The Morgan fingerprint density at radius 2 is 1.97 bits per heavy atom. The molecule has 3 aromatic rings. The van der Waals surface area contributed by atoms with E-state index in [9.17, 15) is 14.7 Å². The second-order valence-electron chi connectivity index (χ2n) is 6.82. The van der Waals surface area contributed by atoms with Crippen molar-refractivity contribution in [3.8, 4) is 5.75 Å². The van der Waals surface area contributed by atoms with Crippen LogP contribution in [0.15, 0.2) is 64.5 Å². The van der Waals surface area contributed by atoms with Gasteiger partial charge in [0, 0.05) is 20.5 Å². The maximum Gasteiger partial charge on any atom is 0.264 e. The zero-order chi connectivity index (χ0) is 20.6. The third kappa shape index (κ3) is 3.61. The van der Waals surface area contributed by atoms with Gasteiger partial charge in [0.15, 0.2) is 11.4 Å². The predicted octanol–water partition coefficient (Wildman–Crippen LogP) is 4.53. The Balaban J connectivity index is 1.68. The smallest absolute Gasteiger partial charge is 0.264 e. The van der Waals surface area contributed by atoms with E-state index in [4.69, 9.17) is 4.74 Å². The van der Waals surface area contributed by atoms with E-state index in [0.717, 1.165) is 9.35 Å². The minimum absolute atomic E-state index is 0.313. The molecule has 0 saturated heterocycles. The van der Waals surface area contributed by atoms with Crippen molar-refractivity contribution in [3.05, 3.63) is 80.5 Å². The van der Waals surface area contributed by atoms with Crippen LogP contribution in [0.1, 0.15) is 27.2 Å². The minimum atomic E-state index is -1.91. The highest BCUT2D eigenvalue weighted by Gasteiger charge is 2.51. The summed E-state index contributed by atoms with van der Waals surface area (Å²) in [5.41, 5.74) is -0.430. The fourth-order valence-corrected chi connectivity index (χ4v) is 4.57. The van der Waals surface area contributed by atoms with E-state index in [-0.39, 0.29) is 12.2 Å². The highest BCUT2D eigenvalue weighted by molar-refractivity contribution is 9.10. The number of carbonyl (C=O) groups is 2. The largest absolute Gasteiger partial charge is 0.497 e. The normalized spacial score (nSPS) is 18.0. The van der Waals surface area contributed by atoms with Crippen LogP contribution < -0.4 is 9.64 Å². The SMILES string of the molecule is COc1ccc(C(=O)CC2(O)C(=O)N(Cc3cccs3)c3ccc(Br)cc32)cc1. The number of benzene rings is 2. The number of thiophene rings is 1. The van der Waals surface area contributed by atoms with Crippen LogP contribution in [0, 0.1) is 0 Å². The van der Waals surface area contributed by atoms with Crippen LogP contribution in [0.3, 0.4) is 0 Å². The lowest BCUT2D eigenvalue weighted by atomic mass is 9.88. The molecule has 1 aromatic heterocycles. The van der Waals surface area contributed by atoms with Crippen LogP contribution in [-0.2, 0) is 16.9 Å². The average molecular weight is 472 g/mol. The molecular weight excluding hydrogens is 454 g/mol. The first kappa shape index (κ1) is 19.8. The Hall–Kier alpha value is -2.48. The van der Waals surface area contributed by atoms with Crippen LogP contribution in [-0.4, -0.2) is 23.9 Å². The van der Waals surface area contributed by atoms with E-state index in [1.807, 2.05) is 23.6 Å². The Morgan fingerprint density at radius 1 is 1.21 bits per heavy atom. The fraction of sp³-hybridized carbons (Fsp3) is 0.182. The summed E-state index contributed by atoms with van der Waals surface area (Å²) < 4.78 is 5.85. The monoisotopic (exact) mass is 471 g/mol. The van der Waals surface area contributed by atoms with Gasteiger partial charge in [-0.05, 0) is 53.9 Å². The number of methoxy groups -OCH3 is 1. The lowest BCUT2D eigenvalue weighted by Gasteiger charge is -2.22. The lowest BCUT2D eigenvalue weighted by molar-refractivity contribution is -0.136. The molecule has 0 radical (unpaired) electrons. The molecular formula is C22H18BrNO4S. The van der Waals surface area contributed by atoms with E-state index in [2.05, 4.69) is 15.9 Å². The molecule has 0 fully saturated rings. The molecule has 1 N–H and O–H groups in total. The third-order valence-corrected chi connectivity index (χ3v) is 6.37. The number of hydrogen-bond donors (Lipinski definition) is 1. The van der Waals surface area contributed by atoms with E-state index >= 15 is 0 Å². The third-order valence-electron chi connectivity index (χ3n) is 5.02. The van der Waals surface area contributed by atoms with E-state index in [1.54, 1.807) is 59.7 Å². The van der Waals surface area contributed by atoms with Crippen molar-refractivity contribution in [3.63, 3.8) is 0 Å².